The molecule has 0 aliphatic carbocycles. The number of aliphatic hydroxyl groups is 1. The lowest BCUT2D eigenvalue weighted by Crippen LogP contribution is -2.08. The second-order valence-corrected chi connectivity index (χ2v) is 5.64. The van der Waals surface area contributed by atoms with Gasteiger partial charge in [-0.3, -0.25) is 0 Å². The Morgan fingerprint density at radius 2 is 1.92 bits per heavy atom. The van der Waals surface area contributed by atoms with E-state index in [2.05, 4.69) is 20.6 Å². The number of aliphatic hydroxyl groups excluding tert-OH is 1. The lowest BCUT2D eigenvalue weighted by molar-refractivity contribution is 0.292. The molecule has 7 heteroatoms. The zero-order valence-corrected chi connectivity index (χ0v) is 13.6. The molecule has 0 unspecified atom stereocenters. The van der Waals surface area contributed by atoms with Gasteiger partial charge >= 0.3 is 0 Å². The molecule has 0 amide bonds. The van der Waals surface area contributed by atoms with Crippen molar-refractivity contribution in [3.8, 4) is 5.75 Å². The molecule has 0 saturated carbocycles. The summed E-state index contributed by atoms with van der Waals surface area (Å²) in [6.07, 6.45) is 0.621. The topological polar surface area (TPSA) is 90.3 Å². The SMILES string of the molecule is OCCCNc1nc(Nc2cc(Cl)ccc2O)nc2ccccc12. The molecule has 2 aromatic carbocycles. The molecule has 0 bridgehead atoms. The summed E-state index contributed by atoms with van der Waals surface area (Å²) in [6, 6.07) is 12.3. The molecular formula is C17H17ClN4O2. The minimum atomic E-state index is 0.0611. The molecule has 0 fully saturated rings. The van der Waals surface area contributed by atoms with Crippen molar-refractivity contribution in [3.05, 3.63) is 47.5 Å². The Kier molecular flexibility index (Phi) is 4.98. The average molecular weight is 345 g/mol. The summed E-state index contributed by atoms with van der Waals surface area (Å²) in [7, 11) is 0. The Bertz CT molecular complexity index is 857. The van der Waals surface area contributed by atoms with Crippen molar-refractivity contribution >= 4 is 40.0 Å². The third-order valence-corrected chi connectivity index (χ3v) is 3.67. The second kappa shape index (κ2) is 7.33. The summed E-state index contributed by atoms with van der Waals surface area (Å²) in [4.78, 5) is 8.93. The lowest BCUT2D eigenvalue weighted by atomic mass is 10.2. The Hall–Kier alpha value is -2.57. The summed E-state index contributed by atoms with van der Waals surface area (Å²) in [5.74, 6) is 1.07. The van der Waals surface area contributed by atoms with E-state index in [1.54, 1.807) is 12.1 Å². The summed E-state index contributed by atoms with van der Waals surface area (Å²) in [5.41, 5.74) is 1.20. The van der Waals surface area contributed by atoms with Crippen LogP contribution in [0, 0.1) is 0 Å². The van der Waals surface area contributed by atoms with E-state index in [4.69, 9.17) is 16.7 Å². The van der Waals surface area contributed by atoms with Crippen molar-refractivity contribution in [1.82, 2.24) is 9.97 Å². The third kappa shape index (κ3) is 3.67. The van der Waals surface area contributed by atoms with Gasteiger partial charge in [0.05, 0.1) is 11.2 Å². The molecule has 0 saturated heterocycles. The van der Waals surface area contributed by atoms with Gasteiger partial charge < -0.3 is 20.8 Å². The highest BCUT2D eigenvalue weighted by atomic mass is 35.5. The fourth-order valence-corrected chi connectivity index (χ4v) is 2.45. The molecule has 124 valence electrons. The minimum absolute atomic E-state index is 0.0611. The Balaban J connectivity index is 1.97. The largest absolute Gasteiger partial charge is 0.506 e. The van der Waals surface area contributed by atoms with Gasteiger partial charge in [-0.05, 0) is 36.8 Å². The fraction of sp³-hybridized carbons (Fsp3) is 0.176. The van der Waals surface area contributed by atoms with E-state index < -0.39 is 0 Å². The first-order valence-electron chi connectivity index (χ1n) is 7.54. The molecule has 0 atom stereocenters. The predicted octanol–water partition coefficient (Wildman–Crippen LogP) is 3.53. The van der Waals surface area contributed by atoms with Crippen molar-refractivity contribution < 1.29 is 10.2 Å². The lowest BCUT2D eigenvalue weighted by Gasteiger charge is -2.12. The molecule has 0 aliphatic rings. The molecular weight excluding hydrogens is 328 g/mol. The van der Waals surface area contributed by atoms with Crippen molar-refractivity contribution in [1.29, 1.82) is 0 Å². The summed E-state index contributed by atoms with van der Waals surface area (Å²) in [6.45, 7) is 0.705. The molecule has 0 aliphatic heterocycles. The maximum atomic E-state index is 9.93. The number of halogens is 1. The number of para-hydroxylation sites is 1. The van der Waals surface area contributed by atoms with Crippen molar-refractivity contribution in [2.45, 2.75) is 6.42 Å². The minimum Gasteiger partial charge on any atom is -0.506 e. The number of hydrogen-bond donors (Lipinski definition) is 4. The van der Waals surface area contributed by atoms with Crippen LogP contribution in [0.25, 0.3) is 10.9 Å². The van der Waals surface area contributed by atoms with Gasteiger partial charge in [0.15, 0.2) is 0 Å². The highest BCUT2D eigenvalue weighted by Gasteiger charge is 2.09. The second-order valence-electron chi connectivity index (χ2n) is 5.20. The molecule has 24 heavy (non-hydrogen) atoms. The number of benzene rings is 2. The standard InChI is InChI=1S/C17H17ClN4O2/c18-11-6-7-15(24)14(10-11)21-17-20-13-5-2-1-4-12(13)16(22-17)19-8-3-9-23/h1-2,4-7,10,23-24H,3,8-9H2,(H2,19,20,21,22). The first kappa shape index (κ1) is 16.3. The molecule has 1 heterocycles. The van der Waals surface area contributed by atoms with E-state index in [9.17, 15) is 5.11 Å². The van der Waals surface area contributed by atoms with Gasteiger partial charge in [0.2, 0.25) is 5.95 Å². The van der Waals surface area contributed by atoms with Crippen LogP contribution in [0.2, 0.25) is 5.02 Å². The number of aromatic hydroxyl groups is 1. The van der Waals surface area contributed by atoms with Crippen molar-refractivity contribution in [2.24, 2.45) is 0 Å². The van der Waals surface area contributed by atoms with Crippen LogP contribution in [-0.2, 0) is 0 Å². The number of hydrogen-bond acceptors (Lipinski definition) is 6. The van der Waals surface area contributed by atoms with E-state index in [0.717, 1.165) is 10.9 Å². The third-order valence-electron chi connectivity index (χ3n) is 3.44. The quantitative estimate of drug-likeness (QED) is 0.404. The summed E-state index contributed by atoms with van der Waals surface area (Å²) < 4.78 is 0. The number of anilines is 3. The fourth-order valence-electron chi connectivity index (χ4n) is 2.28. The Morgan fingerprint density at radius 3 is 2.75 bits per heavy atom. The van der Waals surface area contributed by atoms with Crippen LogP contribution in [0.1, 0.15) is 6.42 Å². The molecule has 6 nitrogen and oxygen atoms in total. The Morgan fingerprint density at radius 1 is 1.08 bits per heavy atom. The molecule has 3 rings (SSSR count). The summed E-state index contributed by atoms with van der Waals surface area (Å²) >= 11 is 5.97. The first-order valence-corrected chi connectivity index (χ1v) is 7.92. The average Bonchev–Trinajstić information content (AvgIpc) is 2.58. The highest BCUT2D eigenvalue weighted by Crippen LogP contribution is 2.30. The van der Waals surface area contributed by atoms with Gasteiger partial charge in [-0.2, -0.15) is 4.98 Å². The number of phenols is 1. The van der Waals surface area contributed by atoms with Crippen molar-refractivity contribution in [2.75, 3.05) is 23.8 Å². The number of phenolic OH excluding ortho intramolecular Hbond substituents is 1. The van der Waals surface area contributed by atoms with Crippen molar-refractivity contribution in [3.63, 3.8) is 0 Å². The zero-order chi connectivity index (χ0) is 16.9. The van der Waals surface area contributed by atoms with Crippen LogP contribution >= 0.6 is 11.6 Å². The zero-order valence-electron chi connectivity index (χ0n) is 12.8. The van der Waals surface area contributed by atoms with E-state index >= 15 is 0 Å². The molecule has 0 spiro atoms. The van der Waals surface area contributed by atoms with Gasteiger partial charge in [0.1, 0.15) is 11.6 Å². The monoisotopic (exact) mass is 344 g/mol. The van der Waals surface area contributed by atoms with E-state index in [1.165, 1.54) is 6.07 Å². The number of fused-ring (bicyclic) bond motifs is 1. The number of nitrogens with one attached hydrogen (secondary N) is 2. The van der Waals surface area contributed by atoms with Gasteiger partial charge in [0, 0.05) is 23.6 Å². The Labute approximate surface area is 144 Å². The van der Waals surface area contributed by atoms with Crippen LogP contribution < -0.4 is 10.6 Å². The first-order chi connectivity index (χ1) is 11.7. The van der Waals surface area contributed by atoms with Gasteiger partial charge in [0.25, 0.3) is 0 Å². The van der Waals surface area contributed by atoms with Gasteiger partial charge in [-0.1, -0.05) is 23.7 Å². The maximum Gasteiger partial charge on any atom is 0.229 e. The highest BCUT2D eigenvalue weighted by molar-refractivity contribution is 6.31. The van der Waals surface area contributed by atoms with E-state index in [1.807, 2.05) is 24.3 Å². The van der Waals surface area contributed by atoms with E-state index in [-0.39, 0.29) is 12.4 Å². The van der Waals surface area contributed by atoms with Crippen LogP contribution in [0.15, 0.2) is 42.5 Å². The molecule has 1 aromatic heterocycles. The van der Waals surface area contributed by atoms with Gasteiger partial charge in [-0.15, -0.1) is 0 Å². The van der Waals surface area contributed by atoms with Crippen LogP contribution in [0.3, 0.4) is 0 Å². The predicted molar refractivity (Wildman–Crippen MR) is 96.1 cm³/mol. The van der Waals surface area contributed by atoms with Crippen LogP contribution in [0.4, 0.5) is 17.5 Å². The van der Waals surface area contributed by atoms with E-state index in [0.29, 0.717) is 35.4 Å². The molecule has 3 aromatic rings. The normalized spacial score (nSPS) is 10.8. The maximum absolute atomic E-state index is 9.93. The van der Waals surface area contributed by atoms with Crippen LogP contribution in [0.5, 0.6) is 5.75 Å². The number of nitrogens with zero attached hydrogens (tertiary/aromatic N) is 2. The smallest absolute Gasteiger partial charge is 0.229 e. The number of aromatic nitrogens is 2. The van der Waals surface area contributed by atoms with Crippen LogP contribution in [-0.4, -0.2) is 33.3 Å². The summed E-state index contributed by atoms with van der Waals surface area (Å²) in [5, 5.41) is 26.4. The molecule has 0 radical (unpaired) electrons. The number of rotatable bonds is 6. The molecule has 4 N–H and O–H groups in total. The van der Waals surface area contributed by atoms with Gasteiger partial charge in [-0.25, -0.2) is 4.98 Å².